The molecular weight excluding hydrogens is 144 g/mol. The van der Waals surface area contributed by atoms with Crippen LogP contribution in [0.1, 0.15) is 60.3 Å². The van der Waals surface area contributed by atoms with Gasteiger partial charge in [-0.2, -0.15) is 0 Å². The van der Waals surface area contributed by atoms with Gasteiger partial charge in [0.25, 0.3) is 0 Å². The Balaban J connectivity index is 0.000000561. The average Bonchev–Trinajstić information content (AvgIpc) is 2.41. The molecule has 0 aromatic heterocycles. The van der Waals surface area contributed by atoms with Gasteiger partial charge in [0.1, 0.15) is 0 Å². The smallest absolute Gasteiger partial charge is 0.0386 e. The topological polar surface area (TPSA) is 0 Å². The van der Waals surface area contributed by atoms with E-state index in [1.807, 2.05) is 13.8 Å². The van der Waals surface area contributed by atoms with Crippen molar-refractivity contribution in [1.82, 2.24) is 0 Å². The third-order valence-electron chi connectivity index (χ3n) is 3.29. The summed E-state index contributed by atoms with van der Waals surface area (Å²) in [6.07, 6.45) is 5.81. The van der Waals surface area contributed by atoms with E-state index in [0.717, 1.165) is 17.8 Å². The van der Waals surface area contributed by atoms with Crippen LogP contribution < -0.4 is 0 Å². The summed E-state index contributed by atoms with van der Waals surface area (Å²) < 4.78 is 0. The molecule has 12 heavy (non-hydrogen) atoms. The van der Waals surface area contributed by atoms with Crippen LogP contribution in [0.4, 0.5) is 0 Å². The Labute approximate surface area is 78.8 Å². The highest BCUT2D eigenvalue weighted by atomic mass is 14.3. The molecule has 0 bridgehead atoms. The summed E-state index contributed by atoms with van der Waals surface area (Å²) in [6, 6.07) is 0. The van der Waals surface area contributed by atoms with E-state index in [4.69, 9.17) is 0 Å². The Hall–Kier alpha value is 0. The van der Waals surface area contributed by atoms with Crippen molar-refractivity contribution in [2.24, 2.45) is 17.8 Å². The van der Waals surface area contributed by atoms with Gasteiger partial charge >= 0.3 is 0 Å². The fourth-order valence-electron chi connectivity index (χ4n) is 2.25. The zero-order valence-corrected chi connectivity index (χ0v) is 9.56. The van der Waals surface area contributed by atoms with Gasteiger partial charge in [-0.3, -0.25) is 0 Å². The highest BCUT2D eigenvalue weighted by Gasteiger charge is 2.28. The molecule has 1 rings (SSSR count). The maximum absolute atomic E-state index is 2.43. The molecule has 3 atom stereocenters. The Morgan fingerprint density at radius 1 is 1.08 bits per heavy atom. The van der Waals surface area contributed by atoms with Gasteiger partial charge in [0.15, 0.2) is 0 Å². The predicted molar refractivity (Wildman–Crippen MR) is 57.3 cm³/mol. The second kappa shape index (κ2) is 6.51. The minimum absolute atomic E-state index is 0.997. The lowest BCUT2D eigenvalue weighted by molar-refractivity contribution is 0.337. The van der Waals surface area contributed by atoms with Crippen molar-refractivity contribution in [3.63, 3.8) is 0 Å². The van der Waals surface area contributed by atoms with Crippen molar-refractivity contribution in [1.29, 1.82) is 0 Å². The third kappa shape index (κ3) is 3.16. The second-order valence-corrected chi connectivity index (χ2v) is 3.96. The Kier molecular flexibility index (Phi) is 6.51. The molecule has 0 aliphatic heterocycles. The predicted octanol–water partition coefficient (Wildman–Crippen LogP) is 4.49. The molecule has 0 heteroatoms. The minimum Gasteiger partial charge on any atom is -0.0683 e. The summed E-state index contributed by atoms with van der Waals surface area (Å²) in [6.45, 7) is 11.1. The standard InChI is InChI=1S/C10H20.C2H6/c1-4-5-10-7-6-8(2)9(10)3;1-2/h8-10H,4-7H2,1-3H3;1-2H3. The number of hydrogen-bond donors (Lipinski definition) is 0. The Bertz CT molecular complexity index is 94.2. The maximum atomic E-state index is 2.43. The van der Waals surface area contributed by atoms with Gasteiger partial charge in [-0.05, 0) is 24.2 Å². The van der Waals surface area contributed by atoms with Crippen LogP contribution in [-0.2, 0) is 0 Å². The average molecular weight is 170 g/mol. The molecule has 0 amide bonds. The fraction of sp³-hybridized carbons (Fsp3) is 1.00. The molecule has 1 fully saturated rings. The SMILES string of the molecule is CC.CCCC1CCC(C)C1C. The van der Waals surface area contributed by atoms with E-state index in [1.165, 1.54) is 25.7 Å². The minimum atomic E-state index is 0.997. The Morgan fingerprint density at radius 3 is 2.00 bits per heavy atom. The van der Waals surface area contributed by atoms with Crippen molar-refractivity contribution in [2.45, 2.75) is 60.3 Å². The van der Waals surface area contributed by atoms with E-state index in [2.05, 4.69) is 20.8 Å². The van der Waals surface area contributed by atoms with Crippen LogP contribution in [0.15, 0.2) is 0 Å². The quantitative estimate of drug-likeness (QED) is 0.572. The summed E-state index contributed by atoms with van der Waals surface area (Å²) in [5, 5.41) is 0. The van der Waals surface area contributed by atoms with Gasteiger partial charge in [-0.1, -0.05) is 53.9 Å². The van der Waals surface area contributed by atoms with Gasteiger partial charge in [0.05, 0.1) is 0 Å². The zero-order chi connectivity index (χ0) is 9.56. The van der Waals surface area contributed by atoms with E-state index < -0.39 is 0 Å². The molecular formula is C12H26. The monoisotopic (exact) mass is 170 g/mol. The molecule has 0 radical (unpaired) electrons. The molecule has 1 aliphatic carbocycles. The van der Waals surface area contributed by atoms with Crippen molar-refractivity contribution in [3.8, 4) is 0 Å². The zero-order valence-electron chi connectivity index (χ0n) is 9.56. The first-order chi connectivity index (χ1) is 5.75. The molecule has 0 aromatic carbocycles. The third-order valence-corrected chi connectivity index (χ3v) is 3.29. The van der Waals surface area contributed by atoms with E-state index >= 15 is 0 Å². The molecule has 3 unspecified atom stereocenters. The highest BCUT2D eigenvalue weighted by molar-refractivity contribution is 4.78. The van der Waals surface area contributed by atoms with Crippen LogP contribution in [0.3, 0.4) is 0 Å². The summed E-state index contributed by atoms with van der Waals surface area (Å²) in [5.74, 6) is 3.05. The van der Waals surface area contributed by atoms with Gasteiger partial charge in [-0.25, -0.2) is 0 Å². The molecule has 0 spiro atoms. The largest absolute Gasteiger partial charge is 0.0683 e. The van der Waals surface area contributed by atoms with E-state index in [0.29, 0.717) is 0 Å². The van der Waals surface area contributed by atoms with Crippen LogP contribution in [-0.4, -0.2) is 0 Å². The van der Waals surface area contributed by atoms with Crippen molar-refractivity contribution < 1.29 is 0 Å². The first-order valence-corrected chi connectivity index (χ1v) is 5.75. The number of hydrogen-bond acceptors (Lipinski definition) is 0. The normalized spacial score (nSPS) is 34.2. The van der Waals surface area contributed by atoms with Crippen molar-refractivity contribution in [3.05, 3.63) is 0 Å². The van der Waals surface area contributed by atoms with Gasteiger partial charge < -0.3 is 0 Å². The van der Waals surface area contributed by atoms with Crippen LogP contribution in [0.5, 0.6) is 0 Å². The van der Waals surface area contributed by atoms with E-state index in [9.17, 15) is 0 Å². The van der Waals surface area contributed by atoms with E-state index in [-0.39, 0.29) is 0 Å². The van der Waals surface area contributed by atoms with Crippen molar-refractivity contribution in [2.75, 3.05) is 0 Å². The molecule has 0 nitrogen and oxygen atoms in total. The first kappa shape index (κ1) is 12.0. The van der Waals surface area contributed by atoms with Gasteiger partial charge in [0.2, 0.25) is 0 Å². The summed E-state index contributed by atoms with van der Waals surface area (Å²) in [4.78, 5) is 0. The van der Waals surface area contributed by atoms with E-state index in [1.54, 1.807) is 0 Å². The van der Waals surface area contributed by atoms with Gasteiger partial charge in [-0.15, -0.1) is 0 Å². The van der Waals surface area contributed by atoms with Crippen LogP contribution in [0.2, 0.25) is 0 Å². The molecule has 1 aliphatic rings. The van der Waals surface area contributed by atoms with Crippen LogP contribution in [0, 0.1) is 17.8 Å². The molecule has 74 valence electrons. The van der Waals surface area contributed by atoms with Crippen LogP contribution in [0.25, 0.3) is 0 Å². The Morgan fingerprint density at radius 2 is 1.67 bits per heavy atom. The second-order valence-electron chi connectivity index (χ2n) is 3.96. The summed E-state index contributed by atoms with van der Waals surface area (Å²) in [5.41, 5.74) is 0. The molecule has 1 saturated carbocycles. The summed E-state index contributed by atoms with van der Waals surface area (Å²) >= 11 is 0. The highest BCUT2D eigenvalue weighted by Crippen LogP contribution is 2.38. The summed E-state index contributed by atoms with van der Waals surface area (Å²) in [7, 11) is 0. The molecule has 0 aromatic rings. The maximum Gasteiger partial charge on any atom is -0.0386 e. The van der Waals surface area contributed by atoms with Crippen LogP contribution >= 0.6 is 0 Å². The molecule has 0 N–H and O–H groups in total. The molecule has 0 heterocycles. The lowest BCUT2D eigenvalue weighted by Crippen LogP contribution is -2.08. The van der Waals surface area contributed by atoms with Gasteiger partial charge in [0, 0.05) is 0 Å². The molecule has 0 saturated heterocycles. The fourth-order valence-corrected chi connectivity index (χ4v) is 2.25. The number of rotatable bonds is 2. The lowest BCUT2D eigenvalue weighted by Gasteiger charge is -2.16. The van der Waals surface area contributed by atoms with Crippen molar-refractivity contribution >= 4 is 0 Å². The lowest BCUT2D eigenvalue weighted by atomic mass is 9.89. The first-order valence-electron chi connectivity index (χ1n) is 5.75.